The summed E-state index contributed by atoms with van der Waals surface area (Å²) in [7, 11) is 0. The molecule has 0 fully saturated rings. The van der Waals surface area contributed by atoms with Gasteiger partial charge in [-0.25, -0.2) is 0 Å². The molecule has 3 nitrogen and oxygen atoms in total. The molecule has 0 spiro atoms. The van der Waals surface area contributed by atoms with Crippen LogP contribution >= 0.6 is 27.5 Å². The molecule has 0 bridgehead atoms. The van der Waals surface area contributed by atoms with Gasteiger partial charge in [0.2, 0.25) is 5.91 Å². The highest BCUT2D eigenvalue weighted by Gasteiger charge is 2.09. The van der Waals surface area contributed by atoms with Gasteiger partial charge < -0.3 is 11.1 Å². The maximum absolute atomic E-state index is 12.1. The van der Waals surface area contributed by atoms with Crippen molar-refractivity contribution in [3.8, 4) is 0 Å². The smallest absolute Gasteiger partial charge is 0.228 e. The number of anilines is 1. The van der Waals surface area contributed by atoms with E-state index in [1.165, 1.54) is 0 Å². The van der Waals surface area contributed by atoms with Gasteiger partial charge in [0.05, 0.1) is 17.1 Å². The first-order valence-corrected chi connectivity index (χ1v) is 7.29. The van der Waals surface area contributed by atoms with E-state index in [9.17, 15) is 4.79 Å². The summed E-state index contributed by atoms with van der Waals surface area (Å²) >= 11 is 9.40. The zero-order chi connectivity index (χ0) is 14.5. The third-order valence-electron chi connectivity index (χ3n) is 2.89. The fourth-order valence-electron chi connectivity index (χ4n) is 1.89. The fraction of sp³-hybridized carbons (Fsp3) is 0.133. The van der Waals surface area contributed by atoms with E-state index >= 15 is 0 Å². The van der Waals surface area contributed by atoms with Crippen LogP contribution in [0.4, 0.5) is 5.69 Å². The topological polar surface area (TPSA) is 55.1 Å². The minimum Gasteiger partial charge on any atom is -0.326 e. The van der Waals surface area contributed by atoms with Crippen molar-refractivity contribution in [3.05, 3.63) is 63.1 Å². The van der Waals surface area contributed by atoms with Crippen LogP contribution in [0.3, 0.4) is 0 Å². The molecule has 5 heteroatoms. The molecule has 0 saturated carbocycles. The number of nitrogens with two attached hydrogens (primary N) is 1. The normalized spacial score (nSPS) is 10.3. The minimum absolute atomic E-state index is 0.120. The standard InChI is InChI=1S/C15H14BrClN2O/c16-12-5-6-13(17)14(8-12)19-15(20)7-10-3-1-2-4-11(10)9-18/h1-6,8H,7,9,18H2,(H,19,20). The number of rotatable bonds is 4. The van der Waals surface area contributed by atoms with Crippen LogP contribution in [0.1, 0.15) is 11.1 Å². The molecule has 2 aromatic rings. The number of halogens is 2. The van der Waals surface area contributed by atoms with Crippen LogP contribution < -0.4 is 11.1 Å². The van der Waals surface area contributed by atoms with Crippen LogP contribution in [0, 0.1) is 0 Å². The van der Waals surface area contributed by atoms with Gasteiger partial charge in [0.25, 0.3) is 0 Å². The first-order valence-electron chi connectivity index (χ1n) is 6.12. The van der Waals surface area contributed by atoms with Gasteiger partial charge in [0.15, 0.2) is 0 Å². The molecule has 3 N–H and O–H groups in total. The second-order valence-electron chi connectivity index (χ2n) is 4.32. The van der Waals surface area contributed by atoms with Gasteiger partial charge in [0.1, 0.15) is 0 Å². The van der Waals surface area contributed by atoms with Crippen LogP contribution in [0.5, 0.6) is 0 Å². The Morgan fingerprint density at radius 3 is 2.60 bits per heavy atom. The predicted octanol–water partition coefficient (Wildman–Crippen LogP) is 3.74. The molecule has 0 aliphatic rings. The van der Waals surface area contributed by atoms with Gasteiger partial charge in [-0.2, -0.15) is 0 Å². The van der Waals surface area contributed by atoms with Crippen molar-refractivity contribution in [2.75, 3.05) is 5.32 Å². The van der Waals surface area contributed by atoms with Gasteiger partial charge >= 0.3 is 0 Å². The first-order chi connectivity index (χ1) is 9.60. The SMILES string of the molecule is NCc1ccccc1CC(=O)Nc1cc(Br)ccc1Cl. The Morgan fingerprint density at radius 1 is 1.20 bits per heavy atom. The molecule has 0 unspecified atom stereocenters. The summed E-state index contributed by atoms with van der Waals surface area (Å²) in [6, 6.07) is 13.0. The molecule has 0 atom stereocenters. The summed E-state index contributed by atoms with van der Waals surface area (Å²) < 4.78 is 0.861. The van der Waals surface area contributed by atoms with Gasteiger partial charge in [-0.15, -0.1) is 0 Å². The van der Waals surface area contributed by atoms with Crippen molar-refractivity contribution in [2.45, 2.75) is 13.0 Å². The van der Waals surface area contributed by atoms with E-state index in [1.807, 2.05) is 30.3 Å². The molecule has 0 radical (unpaired) electrons. The lowest BCUT2D eigenvalue weighted by Crippen LogP contribution is -2.16. The summed E-state index contributed by atoms with van der Waals surface area (Å²) in [5.74, 6) is -0.120. The Kier molecular flexibility index (Phi) is 5.17. The number of nitrogens with one attached hydrogen (secondary N) is 1. The quantitative estimate of drug-likeness (QED) is 0.879. The van der Waals surface area contributed by atoms with Gasteiger partial charge in [0, 0.05) is 11.0 Å². The van der Waals surface area contributed by atoms with Gasteiger partial charge in [-0.1, -0.05) is 51.8 Å². The Labute approximate surface area is 131 Å². The number of carbonyl (C=O) groups excluding carboxylic acids is 1. The highest BCUT2D eigenvalue weighted by Crippen LogP contribution is 2.25. The lowest BCUT2D eigenvalue weighted by Gasteiger charge is -2.10. The summed E-state index contributed by atoms with van der Waals surface area (Å²) in [6.07, 6.45) is 0.274. The molecule has 1 amide bonds. The molecular formula is C15H14BrClN2O. The minimum atomic E-state index is -0.120. The Morgan fingerprint density at radius 2 is 1.90 bits per heavy atom. The van der Waals surface area contributed by atoms with E-state index in [1.54, 1.807) is 12.1 Å². The van der Waals surface area contributed by atoms with Crippen LogP contribution in [-0.2, 0) is 17.8 Å². The summed E-state index contributed by atoms with van der Waals surface area (Å²) in [5.41, 5.74) is 8.16. The average Bonchev–Trinajstić information content (AvgIpc) is 2.43. The summed E-state index contributed by atoms with van der Waals surface area (Å²) in [4.78, 5) is 12.1. The average molecular weight is 354 g/mol. The van der Waals surface area contributed by atoms with E-state index in [4.69, 9.17) is 17.3 Å². The maximum atomic E-state index is 12.1. The maximum Gasteiger partial charge on any atom is 0.228 e. The summed E-state index contributed by atoms with van der Waals surface area (Å²) in [5, 5.41) is 3.32. The fourth-order valence-corrected chi connectivity index (χ4v) is 2.42. The molecule has 20 heavy (non-hydrogen) atoms. The highest BCUT2D eigenvalue weighted by atomic mass is 79.9. The first kappa shape index (κ1) is 15.0. The molecule has 104 valence electrons. The Balaban J connectivity index is 2.11. The van der Waals surface area contributed by atoms with Crippen LogP contribution in [0.15, 0.2) is 46.9 Å². The second-order valence-corrected chi connectivity index (χ2v) is 5.64. The van der Waals surface area contributed by atoms with E-state index in [2.05, 4.69) is 21.2 Å². The number of benzene rings is 2. The summed E-state index contributed by atoms with van der Waals surface area (Å²) in [6.45, 7) is 0.418. The van der Waals surface area contributed by atoms with Gasteiger partial charge in [-0.05, 0) is 29.3 Å². The van der Waals surface area contributed by atoms with Crippen LogP contribution in [0.25, 0.3) is 0 Å². The second kappa shape index (κ2) is 6.88. The predicted molar refractivity (Wildman–Crippen MR) is 85.8 cm³/mol. The largest absolute Gasteiger partial charge is 0.326 e. The van der Waals surface area contributed by atoms with Crippen molar-refractivity contribution in [2.24, 2.45) is 5.73 Å². The number of hydrogen-bond acceptors (Lipinski definition) is 2. The lowest BCUT2D eigenvalue weighted by atomic mass is 10.0. The molecule has 0 aliphatic heterocycles. The van der Waals surface area contributed by atoms with Crippen molar-refractivity contribution < 1.29 is 4.79 Å². The third-order valence-corrected chi connectivity index (χ3v) is 3.71. The number of amides is 1. The number of carbonyl (C=O) groups is 1. The molecule has 0 aliphatic carbocycles. The monoisotopic (exact) mass is 352 g/mol. The lowest BCUT2D eigenvalue weighted by molar-refractivity contribution is -0.115. The highest BCUT2D eigenvalue weighted by molar-refractivity contribution is 9.10. The third kappa shape index (κ3) is 3.82. The van der Waals surface area contributed by atoms with Crippen molar-refractivity contribution in [1.82, 2.24) is 0 Å². The molecule has 0 saturated heterocycles. The zero-order valence-electron chi connectivity index (χ0n) is 10.7. The van der Waals surface area contributed by atoms with Crippen molar-refractivity contribution >= 4 is 39.1 Å². The number of hydrogen-bond donors (Lipinski definition) is 2. The van der Waals surface area contributed by atoms with Crippen molar-refractivity contribution in [3.63, 3.8) is 0 Å². The zero-order valence-corrected chi connectivity index (χ0v) is 13.0. The van der Waals surface area contributed by atoms with E-state index in [0.29, 0.717) is 17.3 Å². The Bertz CT molecular complexity index is 631. The molecule has 0 heterocycles. The molecule has 2 aromatic carbocycles. The van der Waals surface area contributed by atoms with Crippen molar-refractivity contribution in [1.29, 1.82) is 0 Å². The molecule has 2 rings (SSSR count). The van der Waals surface area contributed by atoms with E-state index < -0.39 is 0 Å². The Hall–Kier alpha value is -1.36. The van der Waals surface area contributed by atoms with E-state index in [-0.39, 0.29) is 12.3 Å². The van der Waals surface area contributed by atoms with Crippen LogP contribution in [-0.4, -0.2) is 5.91 Å². The van der Waals surface area contributed by atoms with Gasteiger partial charge in [-0.3, -0.25) is 4.79 Å². The molecular weight excluding hydrogens is 340 g/mol. The van der Waals surface area contributed by atoms with Crippen LogP contribution in [0.2, 0.25) is 5.02 Å². The van der Waals surface area contributed by atoms with E-state index in [0.717, 1.165) is 15.6 Å². The molecule has 0 aromatic heterocycles.